The third-order valence-electron chi connectivity index (χ3n) is 3.96. The zero-order chi connectivity index (χ0) is 14.7. The monoisotopic (exact) mass is 287 g/mol. The van der Waals surface area contributed by atoms with Crippen LogP contribution in [0.5, 0.6) is 0 Å². The third kappa shape index (κ3) is 3.08. The first-order valence-corrected chi connectivity index (χ1v) is 7.54. The Balaban J connectivity index is 1.77. The minimum Gasteiger partial charge on any atom is -0.463 e. The predicted molar refractivity (Wildman–Crippen MR) is 79.1 cm³/mol. The molecule has 0 aliphatic carbocycles. The summed E-state index contributed by atoms with van der Waals surface area (Å²) < 4.78 is 5.22. The van der Waals surface area contributed by atoms with Gasteiger partial charge in [-0.1, -0.05) is 6.07 Å². The summed E-state index contributed by atoms with van der Waals surface area (Å²) in [4.78, 5) is 21.1. The zero-order valence-electron chi connectivity index (χ0n) is 12.4. The quantitative estimate of drug-likeness (QED) is 0.790. The number of fused-ring (bicyclic) bond motifs is 1. The van der Waals surface area contributed by atoms with Crippen molar-refractivity contribution in [2.75, 3.05) is 26.4 Å². The molecule has 0 bridgehead atoms. The van der Waals surface area contributed by atoms with Crippen molar-refractivity contribution in [1.82, 2.24) is 14.8 Å². The number of nitrogens with zero attached hydrogens (tertiary/aromatic N) is 3. The highest BCUT2D eigenvalue weighted by molar-refractivity contribution is 5.90. The summed E-state index contributed by atoms with van der Waals surface area (Å²) in [6, 6.07) is 5.94. The Morgan fingerprint density at radius 1 is 1.43 bits per heavy atom. The zero-order valence-corrected chi connectivity index (χ0v) is 12.4. The van der Waals surface area contributed by atoms with Gasteiger partial charge in [0.15, 0.2) is 0 Å². The molecule has 0 unspecified atom stereocenters. The summed E-state index contributed by atoms with van der Waals surface area (Å²) in [6.45, 7) is 5.58. The highest BCUT2D eigenvalue weighted by Crippen LogP contribution is 2.29. The third-order valence-corrected chi connectivity index (χ3v) is 3.96. The van der Waals surface area contributed by atoms with Crippen molar-refractivity contribution in [3.8, 4) is 0 Å². The lowest BCUT2D eigenvalue weighted by molar-refractivity contribution is -0.139. The molecule has 3 rings (SSSR count). The van der Waals surface area contributed by atoms with Crippen LogP contribution in [0.3, 0.4) is 0 Å². The molecule has 0 radical (unpaired) electrons. The Bertz CT molecular complexity index is 542. The summed E-state index contributed by atoms with van der Waals surface area (Å²) in [6.07, 6.45) is 3.92. The van der Waals surface area contributed by atoms with Gasteiger partial charge in [-0.3, -0.25) is 9.88 Å². The van der Waals surface area contributed by atoms with Crippen LogP contribution >= 0.6 is 0 Å². The average Bonchev–Trinajstić information content (AvgIpc) is 2.96. The Labute approximate surface area is 125 Å². The van der Waals surface area contributed by atoms with Crippen molar-refractivity contribution in [3.63, 3.8) is 0 Å². The minimum atomic E-state index is -0.162. The maximum Gasteiger partial charge on any atom is 0.337 e. The molecule has 0 N–H and O–H groups in total. The Morgan fingerprint density at radius 2 is 2.33 bits per heavy atom. The predicted octanol–water partition coefficient (Wildman–Crippen LogP) is 1.77. The number of allylic oxidation sites excluding steroid dienone is 1. The molecule has 1 saturated heterocycles. The van der Waals surface area contributed by atoms with Crippen molar-refractivity contribution in [3.05, 3.63) is 41.4 Å². The van der Waals surface area contributed by atoms with E-state index in [2.05, 4.69) is 14.8 Å². The first-order chi connectivity index (χ1) is 10.3. The summed E-state index contributed by atoms with van der Waals surface area (Å²) in [7, 11) is 0. The van der Waals surface area contributed by atoms with Gasteiger partial charge >= 0.3 is 5.97 Å². The first kappa shape index (κ1) is 14.1. The van der Waals surface area contributed by atoms with Gasteiger partial charge in [-0.25, -0.2) is 4.79 Å². The van der Waals surface area contributed by atoms with Crippen LogP contribution in [0.4, 0.5) is 0 Å². The van der Waals surface area contributed by atoms with Crippen LogP contribution in [0, 0.1) is 0 Å². The smallest absolute Gasteiger partial charge is 0.337 e. The maximum atomic E-state index is 12.2. The Morgan fingerprint density at radius 3 is 3.10 bits per heavy atom. The van der Waals surface area contributed by atoms with Crippen LogP contribution < -0.4 is 0 Å². The SMILES string of the molecule is CCOC(=O)C1=C2CCCN2CN(Cc2ccccn2)C1. The van der Waals surface area contributed by atoms with Gasteiger partial charge in [0.1, 0.15) is 0 Å². The number of carbonyl (C=O) groups excluding carboxylic acids is 1. The summed E-state index contributed by atoms with van der Waals surface area (Å²) in [5.41, 5.74) is 3.05. The van der Waals surface area contributed by atoms with Crippen LogP contribution in [-0.2, 0) is 16.1 Å². The topological polar surface area (TPSA) is 45.7 Å². The highest BCUT2D eigenvalue weighted by Gasteiger charge is 2.32. The second-order valence-electron chi connectivity index (χ2n) is 5.46. The molecule has 21 heavy (non-hydrogen) atoms. The van der Waals surface area contributed by atoms with E-state index in [4.69, 9.17) is 4.74 Å². The van der Waals surface area contributed by atoms with Crippen molar-refractivity contribution >= 4 is 5.97 Å². The standard InChI is InChI=1S/C16H21N3O2/c1-2-21-16(20)14-11-18(10-13-6-3-4-8-17-13)12-19-9-5-7-15(14)19/h3-4,6,8H,2,5,7,9-12H2,1H3. The number of esters is 1. The van der Waals surface area contributed by atoms with Gasteiger partial charge in [0.25, 0.3) is 0 Å². The van der Waals surface area contributed by atoms with Crippen molar-refractivity contribution in [2.24, 2.45) is 0 Å². The number of pyridine rings is 1. The molecule has 1 fully saturated rings. The van der Waals surface area contributed by atoms with Gasteiger partial charge in [0.05, 0.1) is 24.5 Å². The molecule has 2 aliphatic rings. The molecule has 3 heterocycles. The van der Waals surface area contributed by atoms with E-state index in [9.17, 15) is 4.79 Å². The van der Waals surface area contributed by atoms with Gasteiger partial charge in [0, 0.05) is 31.5 Å². The number of hydrogen-bond donors (Lipinski definition) is 0. The van der Waals surface area contributed by atoms with Crippen LogP contribution in [0.1, 0.15) is 25.5 Å². The second kappa shape index (κ2) is 6.26. The van der Waals surface area contributed by atoms with E-state index >= 15 is 0 Å². The fraction of sp³-hybridized carbons (Fsp3) is 0.500. The lowest BCUT2D eigenvalue weighted by atomic mass is 10.1. The normalized spacial score (nSPS) is 18.8. The van der Waals surface area contributed by atoms with Gasteiger partial charge in [0.2, 0.25) is 0 Å². The molecule has 0 saturated carbocycles. The fourth-order valence-electron chi connectivity index (χ4n) is 3.06. The summed E-state index contributed by atoms with van der Waals surface area (Å²) in [5.74, 6) is -0.162. The molecule has 5 heteroatoms. The molecule has 2 aliphatic heterocycles. The van der Waals surface area contributed by atoms with Crippen LogP contribution in [0.15, 0.2) is 35.7 Å². The van der Waals surface area contributed by atoms with E-state index in [1.54, 1.807) is 0 Å². The second-order valence-corrected chi connectivity index (χ2v) is 5.46. The molecule has 0 atom stereocenters. The minimum absolute atomic E-state index is 0.162. The lowest BCUT2D eigenvalue weighted by Gasteiger charge is -2.36. The molecule has 112 valence electrons. The average molecular weight is 287 g/mol. The van der Waals surface area contributed by atoms with Crippen molar-refractivity contribution < 1.29 is 9.53 Å². The molecule has 0 amide bonds. The van der Waals surface area contributed by atoms with Gasteiger partial charge in [-0.05, 0) is 31.9 Å². The molecule has 1 aromatic rings. The van der Waals surface area contributed by atoms with E-state index in [0.717, 1.165) is 43.9 Å². The molecular weight excluding hydrogens is 266 g/mol. The summed E-state index contributed by atoms with van der Waals surface area (Å²) in [5, 5.41) is 0. The lowest BCUT2D eigenvalue weighted by Crippen LogP contribution is -2.43. The van der Waals surface area contributed by atoms with E-state index < -0.39 is 0 Å². The molecule has 0 spiro atoms. The molecular formula is C16H21N3O2. The van der Waals surface area contributed by atoms with Crippen molar-refractivity contribution in [1.29, 1.82) is 0 Å². The Hall–Kier alpha value is -1.88. The first-order valence-electron chi connectivity index (χ1n) is 7.54. The van der Waals surface area contributed by atoms with Gasteiger partial charge < -0.3 is 9.64 Å². The van der Waals surface area contributed by atoms with Gasteiger partial charge in [-0.15, -0.1) is 0 Å². The van der Waals surface area contributed by atoms with E-state index in [1.807, 2.05) is 31.3 Å². The van der Waals surface area contributed by atoms with E-state index in [-0.39, 0.29) is 5.97 Å². The molecule has 1 aromatic heterocycles. The number of aromatic nitrogens is 1. The molecule has 0 aromatic carbocycles. The fourth-order valence-corrected chi connectivity index (χ4v) is 3.06. The number of hydrogen-bond acceptors (Lipinski definition) is 5. The largest absolute Gasteiger partial charge is 0.463 e. The number of ether oxygens (including phenoxy) is 1. The van der Waals surface area contributed by atoms with Crippen molar-refractivity contribution in [2.45, 2.75) is 26.3 Å². The summed E-state index contributed by atoms with van der Waals surface area (Å²) >= 11 is 0. The molecule has 5 nitrogen and oxygen atoms in total. The number of carbonyl (C=O) groups is 1. The maximum absolute atomic E-state index is 12.2. The van der Waals surface area contributed by atoms with Gasteiger partial charge in [-0.2, -0.15) is 0 Å². The Kier molecular flexibility index (Phi) is 4.20. The van der Waals surface area contributed by atoms with Crippen LogP contribution in [0.2, 0.25) is 0 Å². The highest BCUT2D eigenvalue weighted by atomic mass is 16.5. The van der Waals surface area contributed by atoms with Crippen LogP contribution in [0.25, 0.3) is 0 Å². The van der Waals surface area contributed by atoms with E-state index in [0.29, 0.717) is 13.2 Å². The number of rotatable bonds is 4. The van der Waals surface area contributed by atoms with Crippen LogP contribution in [-0.4, -0.2) is 47.1 Å². The van der Waals surface area contributed by atoms with E-state index in [1.165, 1.54) is 5.70 Å².